The molecule has 3 aliphatic rings. The van der Waals surface area contributed by atoms with E-state index in [-0.39, 0.29) is 18.8 Å². The number of aliphatic imine (C=N–C) groups is 1. The van der Waals surface area contributed by atoms with E-state index in [1.807, 2.05) is 18.2 Å². The van der Waals surface area contributed by atoms with E-state index in [1.54, 1.807) is 0 Å². The summed E-state index contributed by atoms with van der Waals surface area (Å²) in [7, 11) is 1.24. The number of ketones is 1. The van der Waals surface area contributed by atoms with E-state index in [4.69, 9.17) is 14.2 Å². The highest BCUT2D eigenvalue weighted by molar-refractivity contribution is 6.12. The quantitative estimate of drug-likeness (QED) is 0.275. The Balaban J connectivity index is 1.34. The number of methoxy groups -OCH3 is 1. The minimum atomic E-state index is -0.963. The maximum atomic E-state index is 11.4. The van der Waals surface area contributed by atoms with E-state index in [0.29, 0.717) is 19.6 Å². The molecule has 2 heterocycles. The molecule has 0 radical (unpaired) electrons. The zero-order valence-corrected chi connectivity index (χ0v) is 13.4. The molecule has 7 nitrogen and oxygen atoms in total. The molecule has 0 spiro atoms. The van der Waals surface area contributed by atoms with Crippen molar-refractivity contribution < 1.29 is 28.5 Å². The summed E-state index contributed by atoms with van der Waals surface area (Å²) < 4.78 is 20.8. The van der Waals surface area contributed by atoms with Crippen molar-refractivity contribution in [1.82, 2.24) is 0 Å². The fourth-order valence-electron chi connectivity index (χ4n) is 2.41. The third-order valence-electron chi connectivity index (χ3n) is 3.68. The van der Waals surface area contributed by atoms with Crippen LogP contribution in [0.1, 0.15) is 19.3 Å². The molecule has 1 fully saturated rings. The van der Waals surface area contributed by atoms with Crippen LogP contribution in [0.3, 0.4) is 0 Å². The summed E-state index contributed by atoms with van der Waals surface area (Å²) in [5, 5.41) is 0. The van der Waals surface area contributed by atoms with Gasteiger partial charge in [0.05, 0.1) is 19.4 Å². The van der Waals surface area contributed by atoms with Crippen molar-refractivity contribution in [3.8, 4) is 0 Å². The number of dihydropyridines is 1. The van der Waals surface area contributed by atoms with Crippen molar-refractivity contribution in [3.63, 3.8) is 0 Å². The molecule has 2 aliphatic heterocycles. The van der Waals surface area contributed by atoms with Crippen LogP contribution in [0.15, 0.2) is 40.6 Å². The Morgan fingerprint density at radius 3 is 3.08 bits per heavy atom. The first kappa shape index (κ1) is 16.6. The first-order valence-corrected chi connectivity index (χ1v) is 7.81. The molecule has 0 amide bonds. The van der Waals surface area contributed by atoms with Gasteiger partial charge in [-0.2, -0.15) is 0 Å². The average Bonchev–Trinajstić information content (AvgIpc) is 3.28. The summed E-state index contributed by atoms with van der Waals surface area (Å²) in [5.41, 5.74) is 1.93. The Morgan fingerprint density at radius 2 is 2.25 bits per heavy atom. The lowest BCUT2D eigenvalue weighted by Crippen LogP contribution is -2.21. The van der Waals surface area contributed by atoms with Crippen molar-refractivity contribution in [1.29, 1.82) is 0 Å². The largest absolute Gasteiger partial charge is 0.469 e. The molecule has 0 aromatic rings. The molecule has 0 aromatic carbocycles. The fourth-order valence-corrected chi connectivity index (χ4v) is 2.41. The van der Waals surface area contributed by atoms with Crippen molar-refractivity contribution >= 4 is 17.5 Å². The van der Waals surface area contributed by atoms with E-state index in [1.165, 1.54) is 7.11 Å². The van der Waals surface area contributed by atoms with E-state index in [0.717, 1.165) is 23.5 Å². The van der Waals surface area contributed by atoms with Gasteiger partial charge in [0.1, 0.15) is 13.0 Å². The molecule has 24 heavy (non-hydrogen) atoms. The highest BCUT2D eigenvalue weighted by atomic mass is 16.8. The molecule has 1 unspecified atom stereocenters. The molecular weight excluding hydrogens is 314 g/mol. The maximum Gasteiger partial charge on any atom is 0.375 e. The van der Waals surface area contributed by atoms with Gasteiger partial charge in [0.25, 0.3) is 0 Å². The van der Waals surface area contributed by atoms with Crippen molar-refractivity contribution in [3.05, 3.63) is 35.6 Å². The van der Waals surface area contributed by atoms with Gasteiger partial charge in [-0.05, 0) is 30.6 Å². The number of ether oxygens (including phenoxy) is 4. The number of hydrogen-bond acceptors (Lipinski definition) is 7. The summed E-state index contributed by atoms with van der Waals surface area (Å²) in [5.74, 6) is -1.10. The third kappa shape index (κ3) is 3.80. The van der Waals surface area contributed by atoms with Gasteiger partial charge in [-0.25, -0.2) is 4.99 Å². The molecule has 7 heteroatoms. The fraction of sp³-hybridized carbons (Fsp3) is 0.471. The lowest BCUT2D eigenvalue weighted by molar-refractivity contribution is -0.144. The number of esters is 1. The van der Waals surface area contributed by atoms with E-state index >= 15 is 0 Å². The molecule has 3 rings (SSSR count). The summed E-state index contributed by atoms with van der Waals surface area (Å²) in [6.07, 6.45) is 9.27. The topological polar surface area (TPSA) is 86.7 Å². The van der Waals surface area contributed by atoms with Crippen molar-refractivity contribution in [2.24, 2.45) is 4.99 Å². The predicted octanol–water partition coefficient (Wildman–Crippen LogP) is 1.45. The number of Topliss-reactive ketones (excluding diaryl/α,β-unsaturated/α-hetero) is 1. The lowest BCUT2D eigenvalue weighted by Gasteiger charge is -2.14. The Kier molecular flexibility index (Phi) is 4.92. The van der Waals surface area contributed by atoms with Gasteiger partial charge in [-0.3, -0.25) is 9.59 Å². The van der Waals surface area contributed by atoms with Gasteiger partial charge < -0.3 is 18.9 Å². The normalized spacial score (nSPS) is 23.1. The number of hydrogen-bond donors (Lipinski definition) is 0. The standard InChI is InChI=1S/C17H19NO6/c1-21-16(20)10-13(19)11-22-7-4-8-23-17-15(24-17)9-12-5-2-3-6-14(12)18-17/h3,5-6,9H,2,4,7-8,10-11H2,1H3. The van der Waals surface area contributed by atoms with Crippen LogP contribution in [0.4, 0.5) is 0 Å². The molecule has 0 saturated carbocycles. The molecular formula is C17H19NO6. The molecule has 0 aromatic heterocycles. The number of allylic oxidation sites excluding steroid dienone is 5. The zero-order chi connectivity index (χ0) is 17.0. The molecule has 1 aliphatic carbocycles. The number of rotatable bonds is 9. The highest BCUT2D eigenvalue weighted by Gasteiger charge is 2.57. The minimum absolute atomic E-state index is 0.108. The molecule has 1 atom stereocenters. The van der Waals surface area contributed by atoms with Crippen molar-refractivity contribution in [2.45, 2.75) is 25.2 Å². The first-order valence-electron chi connectivity index (χ1n) is 7.81. The smallest absolute Gasteiger partial charge is 0.375 e. The van der Waals surface area contributed by atoms with Gasteiger partial charge in [0.2, 0.25) is 5.76 Å². The van der Waals surface area contributed by atoms with Crippen LogP contribution in [0, 0.1) is 0 Å². The van der Waals surface area contributed by atoms with Crippen LogP contribution >= 0.6 is 0 Å². The Morgan fingerprint density at radius 1 is 1.38 bits per heavy atom. The molecule has 1 saturated heterocycles. The predicted molar refractivity (Wildman–Crippen MR) is 84.2 cm³/mol. The van der Waals surface area contributed by atoms with E-state index in [9.17, 15) is 9.59 Å². The van der Waals surface area contributed by atoms with Gasteiger partial charge in [0.15, 0.2) is 5.78 Å². The van der Waals surface area contributed by atoms with Crippen LogP contribution in [0.25, 0.3) is 0 Å². The first-order chi connectivity index (χ1) is 11.6. The Bertz CT molecular complexity index is 660. The number of carbonyl (C=O) groups excluding carboxylic acids is 2. The number of epoxide rings is 1. The van der Waals surface area contributed by atoms with Crippen LogP contribution < -0.4 is 0 Å². The molecule has 128 valence electrons. The Hall–Kier alpha value is -2.25. The zero-order valence-electron chi connectivity index (χ0n) is 13.4. The second-order valence-corrected chi connectivity index (χ2v) is 5.53. The highest BCUT2D eigenvalue weighted by Crippen LogP contribution is 2.47. The minimum Gasteiger partial charge on any atom is -0.469 e. The summed E-state index contributed by atoms with van der Waals surface area (Å²) >= 11 is 0. The number of fused-ring (bicyclic) bond motifs is 2. The number of nitrogens with zero attached hydrogens (tertiary/aromatic N) is 1. The SMILES string of the molecule is COC(=O)CC(=O)COCCCOC12N=C3C=CCC=C3C=C1O2. The van der Waals surface area contributed by atoms with Crippen molar-refractivity contribution in [2.75, 3.05) is 26.9 Å². The van der Waals surface area contributed by atoms with Crippen LogP contribution in [-0.2, 0) is 28.5 Å². The van der Waals surface area contributed by atoms with Gasteiger partial charge in [-0.15, -0.1) is 0 Å². The van der Waals surface area contributed by atoms with Gasteiger partial charge >= 0.3 is 11.9 Å². The molecule has 0 bridgehead atoms. The van der Waals surface area contributed by atoms with Crippen LogP contribution in [-0.4, -0.2) is 50.3 Å². The lowest BCUT2D eigenvalue weighted by atomic mass is 10.0. The van der Waals surface area contributed by atoms with E-state index < -0.39 is 11.9 Å². The average molecular weight is 333 g/mol. The van der Waals surface area contributed by atoms with Crippen LogP contribution in [0.5, 0.6) is 0 Å². The maximum absolute atomic E-state index is 11.4. The third-order valence-corrected chi connectivity index (χ3v) is 3.68. The second kappa shape index (κ2) is 7.11. The summed E-state index contributed by atoms with van der Waals surface area (Å²) in [6, 6.07) is 0. The number of carbonyl (C=O) groups is 2. The van der Waals surface area contributed by atoms with Gasteiger partial charge in [-0.1, -0.05) is 12.2 Å². The summed E-state index contributed by atoms with van der Waals surface area (Å²) in [6.45, 7) is 0.634. The van der Waals surface area contributed by atoms with Crippen LogP contribution in [0.2, 0.25) is 0 Å². The Labute approximate surface area is 139 Å². The second-order valence-electron chi connectivity index (χ2n) is 5.53. The molecule has 0 N–H and O–H groups in total. The van der Waals surface area contributed by atoms with Gasteiger partial charge in [0, 0.05) is 6.61 Å². The summed E-state index contributed by atoms with van der Waals surface area (Å²) in [4.78, 5) is 26.8. The monoisotopic (exact) mass is 333 g/mol. The van der Waals surface area contributed by atoms with E-state index in [2.05, 4.69) is 15.8 Å².